The van der Waals surface area contributed by atoms with Crippen LogP contribution in [0.4, 0.5) is 9.18 Å². The van der Waals surface area contributed by atoms with E-state index >= 15 is 0 Å². The molecule has 2 atom stereocenters. The molecule has 0 saturated carbocycles. The number of carbonyl (C=O) groups is 1. The molecule has 3 nitrogen and oxygen atoms in total. The minimum atomic E-state index is -0.465. The number of nitrogens with one attached hydrogen (secondary N) is 1. The number of hydrogen-bond acceptors (Lipinski definition) is 2. The van der Waals surface area contributed by atoms with Gasteiger partial charge < -0.3 is 10.1 Å². The Morgan fingerprint density at radius 1 is 1.47 bits per heavy atom. The fraction of sp³-hybridized carbons (Fsp3) is 0.300. The number of amides is 1. The van der Waals surface area contributed by atoms with E-state index in [0.29, 0.717) is 0 Å². The average molecular weight is 230 g/mol. The number of alkyl carbamates (subject to hydrolysis) is 1. The fourth-order valence-electron chi connectivity index (χ4n) is 1.44. The molecule has 0 unspecified atom stereocenters. The Morgan fingerprint density at radius 3 is 2.67 bits per heavy atom. The van der Waals surface area contributed by atoms with Crippen LogP contribution in [0.15, 0.2) is 24.3 Å². The lowest BCUT2D eigenvalue weighted by Crippen LogP contribution is -2.30. The van der Waals surface area contributed by atoms with Crippen LogP contribution < -0.4 is 5.32 Å². The third kappa shape index (κ3) is 2.21. The minimum Gasteiger partial charge on any atom is -0.447 e. The quantitative estimate of drug-likeness (QED) is 0.790. The highest BCUT2D eigenvalue weighted by Crippen LogP contribution is 2.26. The Hall–Kier alpha value is -1.29. The van der Waals surface area contributed by atoms with Gasteiger partial charge in [-0.05, 0) is 17.7 Å². The molecule has 0 bridgehead atoms. The Kier molecular flexibility index (Phi) is 2.77. The van der Waals surface area contributed by atoms with Crippen LogP contribution >= 0.6 is 11.6 Å². The van der Waals surface area contributed by atoms with Crippen molar-refractivity contribution in [1.82, 2.24) is 5.32 Å². The van der Waals surface area contributed by atoms with Gasteiger partial charge in [-0.15, -0.1) is 11.6 Å². The third-order valence-electron chi connectivity index (χ3n) is 2.24. The number of benzene rings is 1. The van der Waals surface area contributed by atoms with E-state index in [9.17, 15) is 9.18 Å². The summed E-state index contributed by atoms with van der Waals surface area (Å²) in [6.45, 7) is 0.240. The van der Waals surface area contributed by atoms with Crippen LogP contribution in [-0.2, 0) is 4.74 Å². The van der Waals surface area contributed by atoms with Gasteiger partial charge in [0.2, 0.25) is 0 Å². The molecule has 80 valence electrons. The highest BCUT2D eigenvalue weighted by atomic mass is 35.5. The smallest absolute Gasteiger partial charge is 0.407 e. The summed E-state index contributed by atoms with van der Waals surface area (Å²) < 4.78 is 17.4. The summed E-state index contributed by atoms with van der Waals surface area (Å²) in [6.07, 6.45) is -0.465. The van der Waals surface area contributed by atoms with Crippen molar-refractivity contribution < 1.29 is 13.9 Å². The first-order valence-electron chi connectivity index (χ1n) is 4.49. The molecule has 5 heteroatoms. The maximum atomic E-state index is 12.7. The SMILES string of the molecule is O=C1N[C@@H]([C@@H](Cl)c2ccc(F)cc2)CO1. The Labute approximate surface area is 91.2 Å². The van der Waals surface area contributed by atoms with Gasteiger partial charge in [0.25, 0.3) is 0 Å². The third-order valence-corrected chi connectivity index (χ3v) is 2.80. The minimum absolute atomic E-state index is 0.240. The van der Waals surface area contributed by atoms with E-state index in [1.807, 2.05) is 0 Å². The lowest BCUT2D eigenvalue weighted by atomic mass is 10.1. The first kappa shape index (κ1) is 10.2. The first-order chi connectivity index (χ1) is 7.16. The lowest BCUT2D eigenvalue weighted by Gasteiger charge is -2.14. The molecule has 0 aromatic heterocycles. The molecule has 2 rings (SSSR count). The summed E-state index contributed by atoms with van der Waals surface area (Å²) in [5.74, 6) is -0.311. The van der Waals surface area contributed by atoms with Gasteiger partial charge >= 0.3 is 6.09 Å². The zero-order chi connectivity index (χ0) is 10.8. The van der Waals surface area contributed by atoms with E-state index in [-0.39, 0.29) is 18.5 Å². The number of cyclic esters (lactones) is 1. The van der Waals surface area contributed by atoms with Crippen molar-refractivity contribution in [2.24, 2.45) is 0 Å². The van der Waals surface area contributed by atoms with Crippen molar-refractivity contribution in [3.05, 3.63) is 35.6 Å². The highest BCUT2D eigenvalue weighted by Gasteiger charge is 2.29. The van der Waals surface area contributed by atoms with E-state index in [1.54, 1.807) is 12.1 Å². The fourth-order valence-corrected chi connectivity index (χ4v) is 1.72. The standard InChI is InChI=1S/C10H9ClFNO2/c11-9(8-5-15-10(14)13-8)6-1-3-7(12)4-2-6/h1-4,8-9H,5H2,(H,13,14)/t8-,9+/m1/s1. The second kappa shape index (κ2) is 4.06. The van der Waals surface area contributed by atoms with Crippen LogP contribution in [0.5, 0.6) is 0 Å². The number of rotatable bonds is 2. The summed E-state index contributed by atoms with van der Waals surface area (Å²) in [5, 5.41) is 2.17. The number of carbonyl (C=O) groups excluding carboxylic acids is 1. The summed E-state index contributed by atoms with van der Waals surface area (Å²) >= 11 is 6.11. The Bertz CT molecular complexity index is 368. The molecule has 0 aliphatic carbocycles. The zero-order valence-electron chi connectivity index (χ0n) is 7.74. The van der Waals surface area contributed by atoms with Crippen LogP contribution in [0, 0.1) is 5.82 Å². The normalized spacial score (nSPS) is 22.0. The van der Waals surface area contributed by atoms with Gasteiger partial charge in [0.1, 0.15) is 12.4 Å². The average Bonchev–Trinajstić information content (AvgIpc) is 2.65. The topological polar surface area (TPSA) is 38.3 Å². The van der Waals surface area contributed by atoms with Gasteiger partial charge in [0, 0.05) is 0 Å². The van der Waals surface area contributed by atoms with E-state index in [1.165, 1.54) is 12.1 Å². The van der Waals surface area contributed by atoms with Crippen LogP contribution in [0.1, 0.15) is 10.9 Å². The highest BCUT2D eigenvalue weighted by molar-refractivity contribution is 6.21. The molecule has 1 heterocycles. The van der Waals surface area contributed by atoms with Crippen LogP contribution in [0.3, 0.4) is 0 Å². The van der Waals surface area contributed by atoms with Crippen molar-refractivity contribution in [2.75, 3.05) is 6.61 Å². The predicted molar refractivity (Wildman–Crippen MR) is 53.3 cm³/mol. The summed E-state index contributed by atoms with van der Waals surface area (Å²) in [5.41, 5.74) is 0.758. The van der Waals surface area contributed by atoms with Gasteiger partial charge in [-0.25, -0.2) is 9.18 Å². The molecule has 1 aromatic rings. The van der Waals surface area contributed by atoms with Crippen molar-refractivity contribution >= 4 is 17.7 Å². The molecule has 1 aliphatic rings. The zero-order valence-corrected chi connectivity index (χ0v) is 8.50. The molecular formula is C10H9ClFNO2. The summed E-state index contributed by atoms with van der Waals surface area (Å²) in [6, 6.07) is 5.60. The van der Waals surface area contributed by atoms with Crippen molar-refractivity contribution in [2.45, 2.75) is 11.4 Å². The number of halogens is 2. The lowest BCUT2D eigenvalue weighted by molar-refractivity contribution is 0.176. The van der Waals surface area contributed by atoms with Gasteiger partial charge in [-0.3, -0.25) is 0 Å². The van der Waals surface area contributed by atoms with Crippen LogP contribution in [-0.4, -0.2) is 18.7 Å². The van der Waals surface area contributed by atoms with E-state index in [4.69, 9.17) is 16.3 Å². The molecule has 15 heavy (non-hydrogen) atoms. The molecule has 1 fully saturated rings. The second-order valence-corrected chi connectivity index (χ2v) is 3.77. The molecule has 1 saturated heterocycles. The van der Waals surface area contributed by atoms with Crippen LogP contribution in [0.2, 0.25) is 0 Å². The number of alkyl halides is 1. The molecule has 0 spiro atoms. The van der Waals surface area contributed by atoms with Crippen molar-refractivity contribution in [1.29, 1.82) is 0 Å². The Morgan fingerprint density at radius 2 is 2.13 bits per heavy atom. The predicted octanol–water partition coefficient (Wildman–Crippen LogP) is 2.21. The van der Waals surface area contributed by atoms with E-state index in [0.717, 1.165) is 5.56 Å². The van der Waals surface area contributed by atoms with Crippen LogP contribution in [0.25, 0.3) is 0 Å². The first-order valence-corrected chi connectivity index (χ1v) is 4.93. The van der Waals surface area contributed by atoms with E-state index < -0.39 is 11.5 Å². The molecular weight excluding hydrogens is 221 g/mol. The Balaban J connectivity index is 2.10. The van der Waals surface area contributed by atoms with E-state index in [2.05, 4.69) is 5.32 Å². The summed E-state index contributed by atoms with van der Waals surface area (Å²) in [7, 11) is 0. The van der Waals surface area contributed by atoms with Gasteiger partial charge in [0.05, 0.1) is 11.4 Å². The molecule has 1 amide bonds. The van der Waals surface area contributed by atoms with Gasteiger partial charge in [-0.2, -0.15) is 0 Å². The van der Waals surface area contributed by atoms with Crippen molar-refractivity contribution in [3.8, 4) is 0 Å². The monoisotopic (exact) mass is 229 g/mol. The summed E-state index contributed by atoms with van der Waals surface area (Å²) in [4.78, 5) is 10.8. The number of ether oxygens (including phenoxy) is 1. The largest absolute Gasteiger partial charge is 0.447 e. The van der Waals surface area contributed by atoms with Gasteiger partial charge in [-0.1, -0.05) is 12.1 Å². The molecule has 0 radical (unpaired) electrons. The maximum absolute atomic E-state index is 12.7. The molecule has 1 N–H and O–H groups in total. The van der Waals surface area contributed by atoms with Gasteiger partial charge in [0.15, 0.2) is 0 Å². The second-order valence-electron chi connectivity index (χ2n) is 3.30. The molecule has 1 aliphatic heterocycles. The maximum Gasteiger partial charge on any atom is 0.407 e. The molecule has 1 aromatic carbocycles. The number of hydrogen-bond donors (Lipinski definition) is 1. The van der Waals surface area contributed by atoms with Crippen molar-refractivity contribution in [3.63, 3.8) is 0 Å².